The first-order valence-corrected chi connectivity index (χ1v) is 4.31. The molecule has 0 spiro atoms. The van der Waals surface area contributed by atoms with Gasteiger partial charge in [-0.25, -0.2) is 0 Å². The minimum absolute atomic E-state index is 0.0872. The smallest absolute Gasteiger partial charge is 0.322 e. The summed E-state index contributed by atoms with van der Waals surface area (Å²) in [5, 5.41) is 12.1. The summed E-state index contributed by atoms with van der Waals surface area (Å²) in [6.45, 7) is 0.0872. The highest BCUT2D eigenvalue weighted by atomic mass is 16.6. The Labute approximate surface area is 82.5 Å². The fraction of sp³-hybridized carbons (Fsp3) is 0.300. The largest absolute Gasteiger partial charge is 0.431 e. The molecule has 0 aliphatic rings. The fourth-order valence-electron chi connectivity index (χ4n) is 0.996. The van der Waals surface area contributed by atoms with Crippen LogP contribution in [0.25, 0.3) is 0 Å². The predicted octanol–water partition coefficient (Wildman–Crippen LogP) is 0.440. The molecule has 0 fully saturated rings. The number of ether oxygens (including phenoxy) is 1. The van der Waals surface area contributed by atoms with Crippen LogP contribution in [0.15, 0.2) is 30.3 Å². The van der Waals surface area contributed by atoms with Gasteiger partial charge in [0.2, 0.25) is 6.29 Å². The van der Waals surface area contributed by atoms with Crippen LogP contribution in [-0.2, 0) is 9.53 Å². The van der Waals surface area contributed by atoms with Crippen LogP contribution in [-0.4, -0.2) is 24.7 Å². The highest BCUT2D eigenvalue weighted by molar-refractivity contribution is 5.71. The summed E-state index contributed by atoms with van der Waals surface area (Å²) >= 11 is 0. The Hall–Kier alpha value is -1.39. The van der Waals surface area contributed by atoms with Gasteiger partial charge in [-0.2, -0.15) is 0 Å². The van der Waals surface area contributed by atoms with Gasteiger partial charge in [-0.15, -0.1) is 0 Å². The second-order valence-corrected chi connectivity index (χ2v) is 2.78. The summed E-state index contributed by atoms with van der Waals surface area (Å²) in [4.78, 5) is 11.0. The van der Waals surface area contributed by atoms with E-state index < -0.39 is 12.3 Å². The van der Waals surface area contributed by atoms with E-state index in [1.54, 1.807) is 31.3 Å². The summed E-state index contributed by atoms with van der Waals surface area (Å²) in [6.07, 6.45) is -1.18. The Kier molecular flexibility index (Phi) is 4.10. The number of aliphatic hydroxyl groups is 1. The Morgan fingerprint density at radius 3 is 2.71 bits per heavy atom. The molecule has 0 saturated heterocycles. The third-order valence-electron chi connectivity index (χ3n) is 1.65. The molecule has 1 aromatic rings. The minimum atomic E-state index is -1.18. The normalized spacial score (nSPS) is 12.1. The van der Waals surface area contributed by atoms with Gasteiger partial charge in [-0.1, -0.05) is 30.3 Å². The maximum absolute atomic E-state index is 11.0. The topological polar surface area (TPSA) is 58.6 Å². The van der Waals surface area contributed by atoms with Crippen molar-refractivity contribution < 1.29 is 14.6 Å². The van der Waals surface area contributed by atoms with E-state index in [1.165, 1.54) is 0 Å². The number of hydrogen-bond donors (Lipinski definition) is 2. The van der Waals surface area contributed by atoms with Crippen molar-refractivity contribution in [2.24, 2.45) is 0 Å². The van der Waals surface area contributed by atoms with Crippen LogP contribution in [0.1, 0.15) is 11.9 Å². The average Bonchev–Trinajstić information content (AvgIpc) is 2.19. The number of nitrogens with one attached hydrogen (secondary N) is 1. The monoisotopic (exact) mass is 195 g/mol. The maximum Gasteiger partial charge on any atom is 0.322 e. The molecule has 76 valence electrons. The molecule has 0 aromatic heterocycles. The molecule has 0 bridgehead atoms. The molecular weight excluding hydrogens is 182 g/mol. The first-order valence-electron chi connectivity index (χ1n) is 4.31. The summed E-state index contributed by atoms with van der Waals surface area (Å²) in [5.74, 6) is -0.483. The number of carbonyl (C=O) groups is 1. The van der Waals surface area contributed by atoms with Crippen molar-refractivity contribution in [1.82, 2.24) is 5.32 Å². The molecule has 1 atom stereocenters. The van der Waals surface area contributed by atoms with Crippen molar-refractivity contribution in [1.29, 1.82) is 0 Å². The number of benzene rings is 1. The minimum Gasteiger partial charge on any atom is -0.431 e. The number of carbonyl (C=O) groups excluding carboxylic acids is 1. The van der Waals surface area contributed by atoms with E-state index in [9.17, 15) is 9.90 Å². The van der Waals surface area contributed by atoms with Crippen molar-refractivity contribution in [2.75, 3.05) is 13.6 Å². The van der Waals surface area contributed by atoms with Crippen molar-refractivity contribution in [3.8, 4) is 0 Å². The lowest BCUT2D eigenvalue weighted by Crippen LogP contribution is -2.22. The van der Waals surface area contributed by atoms with Crippen LogP contribution in [0.4, 0.5) is 0 Å². The highest BCUT2D eigenvalue weighted by Gasteiger charge is 2.11. The molecule has 0 heterocycles. The van der Waals surface area contributed by atoms with Gasteiger partial charge in [0.15, 0.2) is 0 Å². The van der Waals surface area contributed by atoms with Crippen molar-refractivity contribution >= 4 is 5.97 Å². The highest BCUT2D eigenvalue weighted by Crippen LogP contribution is 2.12. The van der Waals surface area contributed by atoms with E-state index in [-0.39, 0.29) is 6.54 Å². The molecule has 1 aromatic carbocycles. The predicted molar refractivity (Wildman–Crippen MR) is 51.4 cm³/mol. The molecular formula is C10H13NO3. The molecule has 14 heavy (non-hydrogen) atoms. The van der Waals surface area contributed by atoms with Gasteiger partial charge in [0, 0.05) is 5.56 Å². The van der Waals surface area contributed by atoms with E-state index in [0.717, 1.165) is 0 Å². The molecule has 0 radical (unpaired) electrons. The standard InChI is InChI=1S/C10H13NO3/c1-11-7-9(12)14-10(13)8-5-3-2-4-6-8/h2-6,10-11,13H,7H2,1H3. The number of rotatable bonds is 4. The average molecular weight is 195 g/mol. The summed E-state index contributed by atoms with van der Waals surface area (Å²) in [5.41, 5.74) is 0.567. The second kappa shape index (κ2) is 5.36. The Morgan fingerprint density at radius 2 is 2.14 bits per heavy atom. The molecule has 1 rings (SSSR count). The summed E-state index contributed by atoms with van der Waals surface area (Å²) < 4.78 is 4.73. The van der Waals surface area contributed by atoms with Gasteiger partial charge in [0.25, 0.3) is 0 Å². The van der Waals surface area contributed by atoms with Crippen molar-refractivity contribution in [3.63, 3.8) is 0 Å². The summed E-state index contributed by atoms with van der Waals surface area (Å²) in [6, 6.07) is 8.75. The molecule has 0 aliphatic carbocycles. The third-order valence-corrected chi connectivity index (χ3v) is 1.65. The molecule has 0 aliphatic heterocycles. The number of likely N-dealkylation sites (N-methyl/N-ethyl adjacent to an activating group) is 1. The SMILES string of the molecule is CNCC(=O)OC(O)c1ccccc1. The molecule has 0 saturated carbocycles. The Balaban J connectivity index is 2.50. The van der Waals surface area contributed by atoms with E-state index in [1.807, 2.05) is 6.07 Å². The Morgan fingerprint density at radius 1 is 1.50 bits per heavy atom. The lowest BCUT2D eigenvalue weighted by atomic mass is 10.2. The zero-order valence-corrected chi connectivity index (χ0v) is 7.93. The first kappa shape index (κ1) is 10.7. The van der Waals surface area contributed by atoms with Crippen LogP contribution < -0.4 is 5.32 Å². The van der Waals surface area contributed by atoms with Crippen LogP contribution in [0.3, 0.4) is 0 Å². The fourth-order valence-corrected chi connectivity index (χ4v) is 0.996. The van der Waals surface area contributed by atoms with E-state index >= 15 is 0 Å². The van der Waals surface area contributed by atoms with Gasteiger partial charge >= 0.3 is 5.97 Å². The van der Waals surface area contributed by atoms with Gasteiger partial charge in [-0.3, -0.25) is 4.79 Å². The van der Waals surface area contributed by atoms with E-state index in [2.05, 4.69) is 5.32 Å². The van der Waals surface area contributed by atoms with E-state index in [0.29, 0.717) is 5.56 Å². The van der Waals surface area contributed by atoms with Crippen LogP contribution in [0.2, 0.25) is 0 Å². The van der Waals surface area contributed by atoms with Gasteiger partial charge in [-0.05, 0) is 7.05 Å². The lowest BCUT2D eigenvalue weighted by Gasteiger charge is -2.11. The number of esters is 1. The second-order valence-electron chi connectivity index (χ2n) is 2.78. The quantitative estimate of drug-likeness (QED) is 0.540. The number of hydrogen-bond acceptors (Lipinski definition) is 4. The molecule has 2 N–H and O–H groups in total. The zero-order valence-electron chi connectivity index (χ0n) is 7.93. The zero-order chi connectivity index (χ0) is 10.4. The van der Waals surface area contributed by atoms with Gasteiger partial charge in [0.1, 0.15) is 0 Å². The molecule has 4 heteroatoms. The molecule has 0 amide bonds. The summed E-state index contributed by atoms with van der Waals surface area (Å²) in [7, 11) is 1.64. The Bertz CT molecular complexity index is 287. The van der Waals surface area contributed by atoms with E-state index in [4.69, 9.17) is 4.74 Å². The van der Waals surface area contributed by atoms with Gasteiger partial charge in [0.05, 0.1) is 6.54 Å². The lowest BCUT2D eigenvalue weighted by molar-refractivity contribution is -0.167. The van der Waals surface area contributed by atoms with Crippen LogP contribution >= 0.6 is 0 Å². The number of aliphatic hydroxyl groups excluding tert-OH is 1. The van der Waals surface area contributed by atoms with Crippen LogP contribution in [0.5, 0.6) is 0 Å². The molecule has 4 nitrogen and oxygen atoms in total. The third kappa shape index (κ3) is 3.16. The van der Waals surface area contributed by atoms with Crippen molar-refractivity contribution in [3.05, 3.63) is 35.9 Å². The van der Waals surface area contributed by atoms with Crippen LogP contribution in [0, 0.1) is 0 Å². The van der Waals surface area contributed by atoms with Crippen molar-refractivity contribution in [2.45, 2.75) is 6.29 Å². The first-order chi connectivity index (χ1) is 6.74. The maximum atomic E-state index is 11.0. The molecule has 1 unspecified atom stereocenters. The van der Waals surface area contributed by atoms with Gasteiger partial charge < -0.3 is 15.2 Å².